The molecule has 1 aliphatic carbocycles. The molecule has 1 N–H and O–H groups in total. The van der Waals surface area contributed by atoms with Gasteiger partial charge in [0.05, 0.1) is 15.9 Å². The summed E-state index contributed by atoms with van der Waals surface area (Å²) in [5.74, 6) is 0.873. The average molecular weight is 599 g/mol. The molecule has 38 heavy (non-hydrogen) atoms. The lowest BCUT2D eigenvalue weighted by Gasteiger charge is -2.25. The lowest BCUT2D eigenvalue weighted by Crippen LogP contribution is -2.24. The first-order chi connectivity index (χ1) is 18.4. The first-order valence-electron chi connectivity index (χ1n) is 12.3. The van der Waals surface area contributed by atoms with Crippen LogP contribution in [0.5, 0.6) is 0 Å². The van der Waals surface area contributed by atoms with Crippen LogP contribution in [0.3, 0.4) is 0 Å². The predicted octanol–water partition coefficient (Wildman–Crippen LogP) is 8.35. The zero-order chi connectivity index (χ0) is 26.4. The van der Waals surface area contributed by atoms with E-state index < -0.39 is 0 Å². The van der Waals surface area contributed by atoms with Crippen molar-refractivity contribution in [2.75, 3.05) is 11.5 Å². The molecule has 6 rings (SSSR count). The molecule has 0 bridgehead atoms. The van der Waals surface area contributed by atoms with Crippen molar-refractivity contribution in [3.8, 4) is 0 Å². The summed E-state index contributed by atoms with van der Waals surface area (Å²) in [6.45, 7) is 0. The van der Waals surface area contributed by atoms with Gasteiger partial charge in [0.2, 0.25) is 0 Å². The van der Waals surface area contributed by atoms with Crippen molar-refractivity contribution < 1.29 is 9.59 Å². The lowest BCUT2D eigenvalue weighted by atomic mass is 9.81. The molecule has 0 aromatic heterocycles. The predicted molar refractivity (Wildman–Crippen MR) is 159 cm³/mol. The number of carbonyl (C=O) groups excluding carboxylic acids is 2. The van der Waals surface area contributed by atoms with E-state index in [9.17, 15) is 9.59 Å². The highest BCUT2D eigenvalue weighted by Crippen LogP contribution is 2.52. The Labute approximate surface area is 245 Å². The first-order valence-corrected chi connectivity index (χ1v) is 15.4. The van der Waals surface area contributed by atoms with E-state index in [1.54, 1.807) is 23.5 Å². The Kier molecular flexibility index (Phi) is 7.41. The highest BCUT2D eigenvalue weighted by molar-refractivity contribution is 8.25. The highest BCUT2D eigenvalue weighted by atomic mass is 35.5. The number of thioether (sulfide) groups is 2. The van der Waals surface area contributed by atoms with Gasteiger partial charge in [-0.05, 0) is 53.1 Å². The van der Waals surface area contributed by atoms with Gasteiger partial charge in [-0.2, -0.15) is 0 Å². The molecule has 1 saturated heterocycles. The average Bonchev–Trinajstić information content (AvgIpc) is 3.56. The van der Waals surface area contributed by atoms with E-state index in [1.807, 2.05) is 72.8 Å². The van der Waals surface area contributed by atoms with Gasteiger partial charge in [-0.15, -0.1) is 23.5 Å². The molecule has 2 heterocycles. The fourth-order valence-electron chi connectivity index (χ4n) is 5.48. The molecular formula is C30H22Cl3NO2S2. The van der Waals surface area contributed by atoms with Crippen LogP contribution in [0.4, 0.5) is 0 Å². The van der Waals surface area contributed by atoms with Crippen molar-refractivity contribution in [1.29, 1.82) is 0 Å². The summed E-state index contributed by atoms with van der Waals surface area (Å²) >= 11 is 21.9. The third kappa shape index (κ3) is 4.84. The maximum Gasteiger partial charge on any atom is 0.196 e. The number of hydrogen-bond acceptors (Lipinski definition) is 5. The van der Waals surface area contributed by atoms with Crippen LogP contribution in [-0.4, -0.2) is 23.1 Å². The number of carbonyl (C=O) groups is 2. The van der Waals surface area contributed by atoms with Gasteiger partial charge < -0.3 is 5.32 Å². The van der Waals surface area contributed by atoms with Gasteiger partial charge in [0, 0.05) is 56.1 Å². The molecule has 8 heteroatoms. The maximum atomic E-state index is 14.5. The third-order valence-corrected chi connectivity index (χ3v) is 10.7. The number of Topliss-reactive ketones (excluding diaryl/α,β-unsaturated/α-hetero) is 2. The van der Waals surface area contributed by atoms with Crippen molar-refractivity contribution >= 4 is 69.9 Å². The number of halogens is 3. The largest absolute Gasteiger partial charge is 0.380 e. The summed E-state index contributed by atoms with van der Waals surface area (Å²) in [5.41, 5.74) is 4.69. The van der Waals surface area contributed by atoms with Crippen LogP contribution >= 0.6 is 58.3 Å². The van der Waals surface area contributed by atoms with Crippen LogP contribution in [0.1, 0.15) is 41.0 Å². The molecule has 3 aromatic carbocycles. The molecule has 3 nitrogen and oxygen atoms in total. The minimum Gasteiger partial charge on any atom is -0.380 e. The minimum absolute atomic E-state index is 0.110. The summed E-state index contributed by atoms with van der Waals surface area (Å²) in [6, 6.07) is 22.7. The SMILES string of the molecule is O=C1C[C@H](c2ccc(Cl)cc2)C2=C(C(=O)C1=C1SCCS1)[C@H](c1ccc(Cl)cc1)[C@@H](c1ccc(Cl)cc1)N2. The van der Waals surface area contributed by atoms with E-state index in [0.29, 0.717) is 26.2 Å². The Morgan fingerprint density at radius 2 is 1.18 bits per heavy atom. The van der Waals surface area contributed by atoms with E-state index in [1.165, 1.54) is 0 Å². The normalized spacial score (nSPS) is 23.5. The van der Waals surface area contributed by atoms with Crippen LogP contribution in [-0.2, 0) is 9.59 Å². The molecule has 3 atom stereocenters. The Balaban J connectivity index is 1.58. The summed E-state index contributed by atoms with van der Waals surface area (Å²) in [5, 5.41) is 5.61. The van der Waals surface area contributed by atoms with Crippen LogP contribution in [0, 0.1) is 0 Å². The van der Waals surface area contributed by atoms with Gasteiger partial charge >= 0.3 is 0 Å². The van der Waals surface area contributed by atoms with Crippen LogP contribution < -0.4 is 5.32 Å². The van der Waals surface area contributed by atoms with Crippen molar-refractivity contribution in [3.05, 3.63) is 126 Å². The summed E-state index contributed by atoms with van der Waals surface area (Å²) in [7, 11) is 0. The maximum absolute atomic E-state index is 14.5. The van der Waals surface area contributed by atoms with Crippen molar-refractivity contribution in [2.45, 2.75) is 24.3 Å². The fourth-order valence-corrected chi connectivity index (χ4v) is 8.43. The molecule has 3 aromatic rings. The number of allylic oxidation sites excluding steroid dienone is 2. The summed E-state index contributed by atoms with van der Waals surface area (Å²) in [4.78, 5) is 28.2. The van der Waals surface area contributed by atoms with E-state index in [2.05, 4.69) is 5.32 Å². The number of hydrogen-bond donors (Lipinski definition) is 1. The Bertz CT molecular complexity index is 1470. The second-order valence-corrected chi connectivity index (χ2v) is 13.2. The van der Waals surface area contributed by atoms with Crippen LogP contribution in [0.2, 0.25) is 15.1 Å². The zero-order valence-electron chi connectivity index (χ0n) is 20.0. The van der Waals surface area contributed by atoms with Gasteiger partial charge in [0.1, 0.15) is 0 Å². The highest BCUT2D eigenvalue weighted by Gasteiger charge is 2.47. The second kappa shape index (κ2) is 10.8. The number of benzene rings is 3. The molecule has 192 valence electrons. The molecule has 2 aliphatic heterocycles. The lowest BCUT2D eigenvalue weighted by molar-refractivity contribution is -0.119. The molecule has 0 radical (unpaired) electrons. The molecule has 0 amide bonds. The standard InChI is InChI=1S/C30H22Cl3NO2S2/c31-19-7-1-16(2-8-19)22-15-23(35)25(30-37-13-14-38-30)29(36)26-24(17-3-9-20(32)10-4-17)27(34-28(22)26)18-5-11-21(33)12-6-18/h1-12,22,24,27,34H,13-15H2/t22-,24+,27-/m1/s1. The van der Waals surface area contributed by atoms with Crippen LogP contribution in [0.15, 0.2) is 93.9 Å². The molecule has 0 saturated carbocycles. The molecule has 0 spiro atoms. The first kappa shape index (κ1) is 26.1. The molecular weight excluding hydrogens is 577 g/mol. The van der Waals surface area contributed by atoms with Gasteiger partial charge in [0.15, 0.2) is 11.6 Å². The second-order valence-electron chi connectivity index (χ2n) is 9.45. The van der Waals surface area contributed by atoms with Gasteiger partial charge in [-0.25, -0.2) is 0 Å². The van der Waals surface area contributed by atoms with E-state index in [-0.39, 0.29) is 35.9 Å². The van der Waals surface area contributed by atoms with Crippen molar-refractivity contribution in [3.63, 3.8) is 0 Å². The Morgan fingerprint density at radius 3 is 1.74 bits per heavy atom. The van der Waals surface area contributed by atoms with Crippen LogP contribution in [0.25, 0.3) is 0 Å². The number of ketones is 2. The Hall–Kier alpha value is -2.15. The van der Waals surface area contributed by atoms with Gasteiger partial charge in [-0.3, -0.25) is 9.59 Å². The topological polar surface area (TPSA) is 46.2 Å². The summed E-state index contributed by atoms with van der Waals surface area (Å²) < 4.78 is 0.841. The molecule has 0 unspecified atom stereocenters. The van der Waals surface area contributed by atoms with Gasteiger partial charge in [0.25, 0.3) is 0 Å². The van der Waals surface area contributed by atoms with Crippen molar-refractivity contribution in [1.82, 2.24) is 5.32 Å². The minimum atomic E-state index is -0.316. The zero-order valence-corrected chi connectivity index (χ0v) is 23.9. The van der Waals surface area contributed by atoms with Crippen molar-refractivity contribution in [2.24, 2.45) is 0 Å². The summed E-state index contributed by atoms with van der Waals surface area (Å²) in [6.07, 6.45) is 0.208. The smallest absolute Gasteiger partial charge is 0.196 e. The Morgan fingerprint density at radius 1 is 0.684 bits per heavy atom. The fraction of sp³-hybridized carbons (Fsp3) is 0.200. The molecule has 1 fully saturated rings. The van der Waals surface area contributed by atoms with Gasteiger partial charge in [-0.1, -0.05) is 71.2 Å². The monoisotopic (exact) mass is 597 g/mol. The van der Waals surface area contributed by atoms with E-state index >= 15 is 0 Å². The number of nitrogens with one attached hydrogen (secondary N) is 1. The van der Waals surface area contributed by atoms with E-state index in [0.717, 1.165) is 38.1 Å². The quantitative estimate of drug-likeness (QED) is 0.243. The third-order valence-electron chi connectivity index (χ3n) is 7.22. The molecule has 3 aliphatic rings. The number of rotatable bonds is 3. The van der Waals surface area contributed by atoms with E-state index in [4.69, 9.17) is 34.8 Å².